The van der Waals surface area contributed by atoms with Gasteiger partial charge >= 0.3 is 0 Å². The van der Waals surface area contributed by atoms with E-state index in [4.69, 9.17) is 9.47 Å². The van der Waals surface area contributed by atoms with Crippen LogP contribution in [0.5, 0.6) is 11.5 Å². The van der Waals surface area contributed by atoms with Crippen LogP contribution < -0.4 is 14.8 Å². The number of anilines is 1. The number of nitrogens with one attached hydrogen (secondary N) is 1. The molecule has 154 valence electrons. The molecule has 3 rings (SSSR count). The van der Waals surface area contributed by atoms with Crippen LogP contribution >= 0.6 is 0 Å². The molecular formula is C25H26N2O3. The predicted molar refractivity (Wildman–Crippen MR) is 121 cm³/mol. The van der Waals surface area contributed by atoms with Gasteiger partial charge < -0.3 is 14.8 Å². The topological polar surface area (TPSA) is 60.5 Å². The number of nitrogens with zero attached hydrogens (tertiary/aromatic N) is 1. The summed E-state index contributed by atoms with van der Waals surface area (Å²) in [6, 6.07) is 17.1. The summed E-state index contributed by atoms with van der Waals surface area (Å²) in [5.74, 6) is 1.06. The summed E-state index contributed by atoms with van der Waals surface area (Å²) in [7, 11) is 3.18. The lowest BCUT2D eigenvalue weighted by Crippen LogP contribution is -2.15. The van der Waals surface area contributed by atoms with E-state index in [0.717, 1.165) is 22.3 Å². The zero-order chi connectivity index (χ0) is 21.7. The fourth-order valence-corrected chi connectivity index (χ4v) is 3.27. The first-order chi connectivity index (χ1) is 14.4. The minimum Gasteiger partial charge on any atom is -0.493 e. The van der Waals surface area contributed by atoms with Crippen LogP contribution in [-0.2, 0) is 4.79 Å². The van der Waals surface area contributed by atoms with Crippen LogP contribution in [0.25, 0.3) is 16.8 Å². The Balaban J connectivity index is 1.97. The van der Waals surface area contributed by atoms with Gasteiger partial charge in [0, 0.05) is 17.3 Å². The van der Waals surface area contributed by atoms with Crippen LogP contribution in [0.4, 0.5) is 5.69 Å². The van der Waals surface area contributed by atoms with Crippen molar-refractivity contribution in [1.29, 1.82) is 0 Å². The quantitative estimate of drug-likeness (QED) is 0.553. The van der Waals surface area contributed by atoms with Crippen LogP contribution in [0.2, 0.25) is 0 Å². The van der Waals surface area contributed by atoms with E-state index in [2.05, 4.69) is 10.3 Å². The zero-order valence-electron chi connectivity index (χ0n) is 17.9. The van der Waals surface area contributed by atoms with Gasteiger partial charge in [0.2, 0.25) is 0 Å². The summed E-state index contributed by atoms with van der Waals surface area (Å²) in [6.45, 7) is 5.90. The highest BCUT2D eigenvalue weighted by atomic mass is 16.5. The second kappa shape index (κ2) is 9.27. The summed E-state index contributed by atoms with van der Waals surface area (Å²) in [4.78, 5) is 17.7. The molecule has 0 atom stereocenters. The van der Waals surface area contributed by atoms with Crippen molar-refractivity contribution in [2.45, 2.75) is 20.8 Å². The standard InChI is InChI=1S/C25H26N2O3/c1-16(2)23(18-10-8-17(3)9-11-18)25(28)27-20-7-6-14-26-24(20)19-12-13-21(29-4)22(15-19)30-5/h6-15H,1-5H3,(H,27,28). The molecule has 0 fully saturated rings. The van der Waals surface area contributed by atoms with Crippen LogP contribution in [0.15, 0.2) is 66.4 Å². The summed E-state index contributed by atoms with van der Waals surface area (Å²) >= 11 is 0. The Morgan fingerprint density at radius 2 is 1.63 bits per heavy atom. The molecule has 0 saturated carbocycles. The molecule has 5 nitrogen and oxygen atoms in total. The van der Waals surface area contributed by atoms with Gasteiger partial charge in [0.1, 0.15) is 0 Å². The first kappa shape index (κ1) is 21.1. The molecule has 0 aliphatic heterocycles. The molecule has 1 heterocycles. The van der Waals surface area contributed by atoms with Crippen molar-refractivity contribution < 1.29 is 14.3 Å². The number of ether oxygens (including phenoxy) is 2. The van der Waals surface area contributed by atoms with Crippen molar-refractivity contribution >= 4 is 17.2 Å². The second-order valence-electron chi connectivity index (χ2n) is 7.16. The Morgan fingerprint density at radius 3 is 2.27 bits per heavy atom. The third kappa shape index (κ3) is 4.51. The van der Waals surface area contributed by atoms with Gasteiger partial charge in [0.25, 0.3) is 5.91 Å². The first-order valence-electron chi connectivity index (χ1n) is 9.68. The SMILES string of the molecule is COc1ccc(-c2ncccc2NC(=O)C(=C(C)C)c2ccc(C)cc2)cc1OC. The Bertz CT molecular complexity index is 1080. The number of amides is 1. The first-order valence-corrected chi connectivity index (χ1v) is 9.68. The Kier molecular flexibility index (Phi) is 6.52. The number of aromatic nitrogens is 1. The highest BCUT2D eigenvalue weighted by molar-refractivity contribution is 6.26. The van der Waals surface area contributed by atoms with Crippen LogP contribution in [0.1, 0.15) is 25.0 Å². The molecule has 1 amide bonds. The lowest BCUT2D eigenvalue weighted by molar-refractivity contribution is -0.111. The van der Waals surface area contributed by atoms with E-state index in [0.29, 0.717) is 28.5 Å². The number of allylic oxidation sites excluding steroid dienone is 1. The van der Waals surface area contributed by atoms with E-state index in [1.54, 1.807) is 26.5 Å². The van der Waals surface area contributed by atoms with Crippen molar-refractivity contribution in [3.8, 4) is 22.8 Å². The Morgan fingerprint density at radius 1 is 0.933 bits per heavy atom. The van der Waals surface area contributed by atoms with Crippen molar-refractivity contribution in [1.82, 2.24) is 4.98 Å². The average Bonchev–Trinajstić information content (AvgIpc) is 2.75. The van der Waals surface area contributed by atoms with Gasteiger partial charge in [-0.15, -0.1) is 0 Å². The minimum atomic E-state index is -0.173. The van der Waals surface area contributed by atoms with Gasteiger partial charge in [-0.05, 0) is 56.7 Å². The van der Waals surface area contributed by atoms with Crippen molar-refractivity contribution in [2.24, 2.45) is 0 Å². The number of aryl methyl sites for hydroxylation is 1. The Labute approximate surface area is 177 Å². The lowest BCUT2D eigenvalue weighted by Gasteiger charge is -2.15. The molecular weight excluding hydrogens is 376 g/mol. The molecule has 1 N–H and O–H groups in total. The van der Waals surface area contributed by atoms with Gasteiger partial charge in [-0.2, -0.15) is 0 Å². The third-order valence-electron chi connectivity index (χ3n) is 4.78. The molecule has 0 saturated heterocycles. The second-order valence-corrected chi connectivity index (χ2v) is 7.16. The van der Waals surface area contributed by atoms with E-state index in [-0.39, 0.29) is 5.91 Å². The molecule has 30 heavy (non-hydrogen) atoms. The molecule has 1 aromatic heterocycles. The number of pyridine rings is 1. The van der Waals surface area contributed by atoms with Crippen molar-refractivity contribution in [3.05, 3.63) is 77.5 Å². The molecule has 0 aliphatic carbocycles. The number of methoxy groups -OCH3 is 2. The molecule has 3 aromatic rings. The highest BCUT2D eigenvalue weighted by Crippen LogP contribution is 2.34. The summed E-state index contributed by atoms with van der Waals surface area (Å²) in [5.41, 5.74) is 5.72. The van der Waals surface area contributed by atoms with Gasteiger partial charge in [-0.1, -0.05) is 35.4 Å². The normalized spacial score (nSPS) is 10.3. The van der Waals surface area contributed by atoms with E-state index >= 15 is 0 Å². The highest BCUT2D eigenvalue weighted by Gasteiger charge is 2.17. The monoisotopic (exact) mass is 402 g/mol. The van der Waals surface area contributed by atoms with Gasteiger partial charge in [0.05, 0.1) is 25.6 Å². The molecule has 0 aliphatic rings. The molecule has 0 spiro atoms. The van der Waals surface area contributed by atoms with Gasteiger partial charge in [-0.3, -0.25) is 9.78 Å². The largest absolute Gasteiger partial charge is 0.493 e. The summed E-state index contributed by atoms with van der Waals surface area (Å²) < 4.78 is 10.7. The average molecular weight is 402 g/mol. The number of carbonyl (C=O) groups excluding carboxylic acids is 1. The van der Waals surface area contributed by atoms with Gasteiger partial charge in [0.15, 0.2) is 11.5 Å². The fraction of sp³-hybridized carbons (Fsp3) is 0.200. The van der Waals surface area contributed by atoms with Gasteiger partial charge in [-0.25, -0.2) is 0 Å². The predicted octanol–water partition coefficient (Wildman–Crippen LogP) is 5.51. The summed E-state index contributed by atoms with van der Waals surface area (Å²) in [6.07, 6.45) is 1.70. The summed E-state index contributed by atoms with van der Waals surface area (Å²) in [5, 5.41) is 3.04. The maximum atomic E-state index is 13.2. The van der Waals surface area contributed by atoms with Crippen LogP contribution in [-0.4, -0.2) is 25.1 Å². The molecule has 0 bridgehead atoms. The fourth-order valence-electron chi connectivity index (χ4n) is 3.27. The lowest BCUT2D eigenvalue weighted by atomic mass is 9.99. The van der Waals surface area contributed by atoms with E-state index in [1.165, 1.54) is 0 Å². The number of hydrogen-bond donors (Lipinski definition) is 1. The smallest absolute Gasteiger partial charge is 0.256 e. The number of rotatable bonds is 6. The molecule has 5 heteroatoms. The maximum absolute atomic E-state index is 13.2. The van der Waals surface area contributed by atoms with Crippen molar-refractivity contribution in [2.75, 3.05) is 19.5 Å². The minimum absolute atomic E-state index is 0.173. The molecule has 2 aromatic carbocycles. The number of benzene rings is 2. The Hall–Kier alpha value is -3.60. The zero-order valence-corrected chi connectivity index (χ0v) is 17.9. The maximum Gasteiger partial charge on any atom is 0.256 e. The third-order valence-corrected chi connectivity index (χ3v) is 4.78. The van der Waals surface area contributed by atoms with Crippen LogP contribution in [0.3, 0.4) is 0 Å². The van der Waals surface area contributed by atoms with Crippen LogP contribution in [0, 0.1) is 6.92 Å². The number of hydrogen-bond acceptors (Lipinski definition) is 4. The molecule has 0 unspecified atom stereocenters. The number of carbonyl (C=O) groups is 1. The van der Waals surface area contributed by atoms with E-state index in [9.17, 15) is 4.79 Å². The molecule has 0 radical (unpaired) electrons. The van der Waals surface area contributed by atoms with E-state index < -0.39 is 0 Å². The van der Waals surface area contributed by atoms with E-state index in [1.807, 2.05) is 69.3 Å². The van der Waals surface area contributed by atoms with Crippen molar-refractivity contribution in [3.63, 3.8) is 0 Å².